The number of carbonyl (C=O) groups is 3. The first-order valence-corrected chi connectivity index (χ1v) is 8.91. The quantitative estimate of drug-likeness (QED) is 0.680. The molecule has 2 aromatic rings. The second kappa shape index (κ2) is 8.43. The maximum atomic E-state index is 12.3. The minimum Gasteiger partial charge on any atom is -0.507 e. The fourth-order valence-corrected chi connectivity index (χ4v) is 2.98. The first-order valence-electron chi connectivity index (χ1n) is 8.91. The highest BCUT2D eigenvalue weighted by molar-refractivity contribution is 6.01. The Kier molecular flexibility index (Phi) is 5.78. The van der Waals surface area contributed by atoms with Gasteiger partial charge in [-0.1, -0.05) is 12.1 Å². The van der Waals surface area contributed by atoms with Gasteiger partial charge in [-0.25, -0.2) is 0 Å². The van der Waals surface area contributed by atoms with Gasteiger partial charge in [0.15, 0.2) is 0 Å². The molecule has 0 saturated carbocycles. The molecule has 1 aliphatic heterocycles. The molecule has 1 atom stereocenters. The Morgan fingerprint density at radius 3 is 2.54 bits per heavy atom. The lowest BCUT2D eigenvalue weighted by molar-refractivity contribution is -0.126. The minimum absolute atomic E-state index is 0.0429. The van der Waals surface area contributed by atoms with Gasteiger partial charge in [0.2, 0.25) is 11.8 Å². The third-order valence-corrected chi connectivity index (χ3v) is 4.40. The van der Waals surface area contributed by atoms with E-state index in [0.29, 0.717) is 18.0 Å². The lowest BCUT2D eigenvalue weighted by Gasteiger charge is -2.17. The highest BCUT2D eigenvalue weighted by Gasteiger charge is 2.35. The molecule has 0 aliphatic carbocycles. The molecule has 146 valence electrons. The molecule has 0 aromatic heterocycles. The largest absolute Gasteiger partial charge is 0.507 e. The van der Waals surface area contributed by atoms with Crippen molar-refractivity contribution in [3.8, 4) is 11.5 Å². The monoisotopic (exact) mass is 383 g/mol. The van der Waals surface area contributed by atoms with E-state index in [4.69, 9.17) is 4.74 Å². The van der Waals surface area contributed by atoms with Gasteiger partial charge < -0.3 is 14.7 Å². The number of hydrogen-bond acceptors (Lipinski definition) is 5. The zero-order valence-electron chi connectivity index (χ0n) is 15.3. The van der Waals surface area contributed by atoms with Gasteiger partial charge in [-0.05, 0) is 43.3 Å². The Morgan fingerprint density at radius 2 is 1.86 bits per heavy atom. The lowest BCUT2D eigenvalue weighted by Crippen LogP contribution is -2.45. The number of nitrogens with zero attached hydrogens (tertiary/aromatic N) is 1. The highest BCUT2D eigenvalue weighted by atomic mass is 16.5. The van der Waals surface area contributed by atoms with Gasteiger partial charge in [0.25, 0.3) is 5.91 Å². The van der Waals surface area contributed by atoms with Crippen molar-refractivity contribution in [3.05, 3.63) is 54.1 Å². The van der Waals surface area contributed by atoms with Crippen molar-refractivity contribution in [2.75, 3.05) is 18.1 Å². The second-order valence-electron chi connectivity index (χ2n) is 6.29. The average molecular weight is 383 g/mol. The molecular weight excluding hydrogens is 362 g/mol. The molecule has 2 aromatic carbocycles. The molecule has 0 radical (unpaired) electrons. The maximum absolute atomic E-state index is 12.3. The molecule has 1 unspecified atom stereocenters. The topological polar surface area (TPSA) is 108 Å². The molecule has 28 heavy (non-hydrogen) atoms. The molecule has 1 saturated heterocycles. The van der Waals surface area contributed by atoms with Crippen LogP contribution in [0.25, 0.3) is 0 Å². The Hall–Kier alpha value is -3.55. The summed E-state index contributed by atoms with van der Waals surface area (Å²) < 4.78 is 5.38. The van der Waals surface area contributed by atoms with E-state index in [2.05, 4.69) is 10.9 Å². The van der Waals surface area contributed by atoms with Crippen LogP contribution in [0.4, 0.5) is 5.69 Å². The first-order chi connectivity index (χ1) is 13.5. The normalized spacial score (nSPS) is 16.0. The molecule has 8 heteroatoms. The SMILES string of the molecule is CCOc1ccc(N2CC(C(=O)NNC(=O)c3ccccc3O)CC2=O)cc1. The van der Waals surface area contributed by atoms with Crippen LogP contribution in [0.2, 0.25) is 0 Å². The van der Waals surface area contributed by atoms with Gasteiger partial charge in [0.1, 0.15) is 11.5 Å². The third-order valence-electron chi connectivity index (χ3n) is 4.40. The van der Waals surface area contributed by atoms with Gasteiger partial charge in [0, 0.05) is 18.7 Å². The molecule has 3 amide bonds. The van der Waals surface area contributed by atoms with E-state index in [1.807, 2.05) is 6.92 Å². The Bertz CT molecular complexity index is 882. The summed E-state index contributed by atoms with van der Waals surface area (Å²) in [5.74, 6) is -1.35. The summed E-state index contributed by atoms with van der Waals surface area (Å²) in [4.78, 5) is 38.2. The maximum Gasteiger partial charge on any atom is 0.273 e. The van der Waals surface area contributed by atoms with E-state index >= 15 is 0 Å². The number of phenolic OH excluding ortho intramolecular Hbond substituents is 1. The van der Waals surface area contributed by atoms with Crippen molar-refractivity contribution in [3.63, 3.8) is 0 Å². The molecular formula is C20H21N3O5. The summed E-state index contributed by atoms with van der Waals surface area (Å²) in [6, 6.07) is 13.1. The van der Waals surface area contributed by atoms with Crippen LogP contribution in [0.15, 0.2) is 48.5 Å². The minimum atomic E-state index is -0.640. The van der Waals surface area contributed by atoms with Crippen LogP contribution in [0.3, 0.4) is 0 Å². The van der Waals surface area contributed by atoms with Crippen LogP contribution in [-0.2, 0) is 9.59 Å². The number of phenols is 1. The third kappa shape index (κ3) is 4.22. The van der Waals surface area contributed by atoms with Crippen molar-refractivity contribution in [2.24, 2.45) is 5.92 Å². The highest BCUT2D eigenvalue weighted by Crippen LogP contribution is 2.27. The summed E-state index contributed by atoms with van der Waals surface area (Å²) in [7, 11) is 0. The number of benzene rings is 2. The second-order valence-corrected chi connectivity index (χ2v) is 6.29. The van der Waals surface area contributed by atoms with Crippen LogP contribution in [0.1, 0.15) is 23.7 Å². The zero-order valence-corrected chi connectivity index (χ0v) is 15.3. The number of carbonyl (C=O) groups excluding carboxylic acids is 3. The van der Waals surface area contributed by atoms with Gasteiger partial charge in [0.05, 0.1) is 18.1 Å². The number of amides is 3. The summed E-state index contributed by atoms with van der Waals surface area (Å²) in [5.41, 5.74) is 5.31. The Balaban J connectivity index is 1.57. The number of para-hydroxylation sites is 1. The molecule has 1 aliphatic rings. The fourth-order valence-electron chi connectivity index (χ4n) is 2.98. The summed E-state index contributed by atoms with van der Waals surface area (Å²) in [5, 5.41) is 9.67. The fraction of sp³-hybridized carbons (Fsp3) is 0.250. The number of nitrogens with one attached hydrogen (secondary N) is 2. The average Bonchev–Trinajstić information content (AvgIpc) is 3.09. The van der Waals surface area contributed by atoms with E-state index in [0.717, 1.165) is 0 Å². The number of aromatic hydroxyl groups is 1. The van der Waals surface area contributed by atoms with Crippen LogP contribution < -0.4 is 20.5 Å². The van der Waals surface area contributed by atoms with E-state index in [-0.39, 0.29) is 30.2 Å². The molecule has 1 heterocycles. The molecule has 8 nitrogen and oxygen atoms in total. The van der Waals surface area contributed by atoms with Crippen LogP contribution >= 0.6 is 0 Å². The number of hydrogen-bond donors (Lipinski definition) is 3. The van der Waals surface area contributed by atoms with Crippen LogP contribution in [0.5, 0.6) is 11.5 Å². The predicted octanol–water partition coefficient (Wildman–Crippen LogP) is 1.60. The first kappa shape index (κ1) is 19.2. The number of rotatable bonds is 5. The Labute approximate surface area is 162 Å². The molecule has 3 rings (SSSR count). The van der Waals surface area contributed by atoms with Gasteiger partial charge >= 0.3 is 0 Å². The van der Waals surface area contributed by atoms with Crippen molar-refractivity contribution >= 4 is 23.4 Å². The number of anilines is 1. The number of ether oxygens (including phenoxy) is 1. The van der Waals surface area contributed by atoms with E-state index in [1.165, 1.54) is 17.0 Å². The predicted molar refractivity (Wildman–Crippen MR) is 102 cm³/mol. The summed E-state index contributed by atoms with van der Waals surface area (Å²) >= 11 is 0. The van der Waals surface area contributed by atoms with Crippen molar-refractivity contribution in [1.82, 2.24) is 10.9 Å². The van der Waals surface area contributed by atoms with E-state index < -0.39 is 17.7 Å². The Morgan fingerprint density at radius 1 is 1.14 bits per heavy atom. The van der Waals surface area contributed by atoms with Crippen LogP contribution in [0, 0.1) is 5.92 Å². The zero-order chi connectivity index (χ0) is 20.1. The summed E-state index contributed by atoms with van der Waals surface area (Å²) in [6.07, 6.45) is 0.0471. The van der Waals surface area contributed by atoms with Gasteiger partial charge in [-0.3, -0.25) is 25.2 Å². The van der Waals surface area contributed by atoms with Crippen LogP contribution in [-0.4, -0.2) is 36.0 Å². The lowest BCUT2D eigenvalue weighted by atomic mass is 10.1. The van der Waals surface area contributed by atoms with E-state index in [9.17, 15) is 19.5 Å². The van der Waals surface area contributed by atoms with Gasteiger partial charge in [-0.15, -0.1) is 0 Å². The molecule has 1 fully saturated rings. The molecule has 0 spiro atoms. The van der Waals surface area contributed by atoms with Gasteiger partial charge in [-0.2, -0.15) is 0 Å². The molecule has 3 N–H and O–H groups in total. The van der Waals surface area contributed by atoms with Crippen molar-refractivity contribution in [1.29, 1.82) is 0 Å². The smallest absolute Gasteiger partial charge is 0.273 e. The number of hydrazine groups is 1. The molecule has 0 bridgehead atoms. The standard InChI is InChI=1S/C20H21N3O5/c1-2-28-15-9-7-14(8-10-15)23-12-13(11-18(23)25)19(26)21-22-20(27)16-5-3-4-6-17(16)24/h3-10,13,24H,2,11-12H2,1H3,(H,21,26)(H,22,27). The van der Waals surface area contributed by atoms with Crippen molar-refractivity contribution < 1.29 is 24.2 Å². The summed E-state index contributed by atoms with van der Waals surface area (Å²) in [6.45, 7) is 2.65. The van der Waals surface area contributed by atoms with Crippen molar-refractivity contribution in [2.45, 2.75) is 13.3 Å². The van der Waals surface area contributed by atoms with E-state index in [1.54, 1.807) is 36.4 Å².